The summed E-state index contributed by atoms with van der Waals surface area (Å²) >= 11 is 10.3. The van der Waals surface area contributed by atoms with E-state index < -0.39 is 0 Å². The minimum Gasteiger partial charge on any atom is -0.456 e. The fourth-order valence-corrected chi connectivity index (χ4v) is 2.60. The van der Waals surface area contributed by atoms with Crippen LogP contribution in [0.1, 0.15) is 21.2 Å². The molecule has 2 aromatic heterocycles. The molecule has 5 heteroatoms. The third kappa shape index (κ3) is 2.33. The highest BCUT2D eigenvalue weighted by Gasteiger charge is 2.15. The molecule has 2 aromatic rings. The zero-order chi connectivity index (χ0) is 10.8. The first-order chi connectivity index (χ1) is 7.20. The number of furan rings is 1. The first-order valence-electron chi connectivity index (χ1n) is 4.15. The van der Waals surface area contributed by atoms with Crippen molar-refractivity contribution in [3.63, 3.8) is 0 Å². The minimum absolute atomic E-state index is 0.109. The lowest BCUT2D eigenvalue weighted by atomic mass is 10.2. The Morgan fingerprint density at radius 2 is 2.20 bits per heavy atom. The molecule has 15 heavy (non-hydrogen) atoms. The molecule has 0 amide bonds. The van der Waals surface area contributed by atoms with Crippen LogP contribution < -0.4 is 0 Å². The number of halogens is 2. The molecular formula is C10H6BrClO2S. The van der Waals surface area contributed by atoms with Gasteiger partial charge in [-0.1, -0.05) is 0 Å². The number of hydrogen-bond acceptors (Lipinski definition) is 3. The fourth-order valence-electron chi connectivity index (χ4n) is 1.13. The SMILES string of the molecule is O=C(c1ccc(CCl)o1)c1ccc(Br)s1. The fraction of sp³-hybridized carbons (Fsp3) is 0.100. The topological polar surface area (TPSA) is 30.2 Å². The number of alkyl halides is 1. The van der Waals surface area contributed by atoms with E-state index in [0.717, 1.165) is 3.79 Å². The zero-order valence-electron chi connectivity index (χ0n) is 7.50. The van der Waals surface area contributed by atoms with Crippen molar-refractivity contribution in [3.8, 4) is 0 Å². The molecule has 0 saturated heterocycles. The van der Waals surface area contributed by atoms with Gasteiger partial charge in [-0.05, 0) is 40.2 Å². The van der Waals surface area contributed by atoms with Crippen molar-refractivity contribution >= 4 is 44.7 Å². The summed E-state index contributed by atoms with van der Waals surface area (Å²) in [6, 6.07) is 6.96. The zero-order valence-corrected chi connectivity index (χ0v) is 10.7. The van der Waals surface area contributed by atoms with Gasteiger partial charge >= 0.3 is 0 Å². The number of carbonyl (C=O) groups excluding carboxylic acids is 1. The number of ketones is 1. The minimum atomic E-state index is -0.109. The summed E-state index contributed by atoms with van der Waals surface area (Å²) in [6.45, 7) is 0. The van der Waals surface area contributed by atoms with E-state index in [1.807, 2.05) is 6.07 Å². The second-order valence-corrected chi connectivity index (χ2v) is 5.56. The lowest BCUT2D eigenvalue weighted by Gasteiger charge is -1.91. The van der Waals surface area contributed by atoms with Crippen molar-refractivity contribution < 1.29 is 9.21 Å². The van der Waals surface area contributed by atoms with Gasteiger partial charge in [-0.3, -0.25) is 4.79 Å². The Morgan fingerprint density at radius 3 is 2.73 bits per heavy atom. The van der Waals surface area contributed by atoms with Crippen molar-refractivity contribution in [3.05, 3.63) is 44.4 Å². The van der Waals surface area contributed by atoms with Crippen LogP contribution in [-0.2, 0) is 5.88 Å². The predicted molar refractivity (Wildman–Crippen MR) is 63.7 cm³/mol. The average Bonchev–Trinajstić information content (AvgIpc) is 2.84. The van der Waals surface area contributed by atoms with Gasteiger partial charge in [0.05, 0.1) is 14.5 Å². The Hall–Kier alpha value is -0.580. The molecule has 0 saturated carbocycles. The van der Waals surface area contributed by atoms with Gasteiger partial charge in [-0.25, -0.2) is 0 Å². The van der Waals surface area contributed by atoms with Crippen molar-refractivity contribution in [2.24, 2.45) is 0 Å². The van der Waals surface area contributed by atoms with E-state index in [-0.39, 0.29) is 11.7 Å². The number of thiophene rings is 1. The summed E-state index contributed by atoms with van der Waals surface area (Å²) < 4.78 is 6.19. The number of hydrogen-bond donors (Lipinski definition) is 0. The van der Waals surface area contributed by atoms with Gasteiger partial charge < -0.3 is 4.42 Å². The first kappa shape index (κ1) is 10.9. The maximum Gasteiger partial charge on any atom is 0.238 e. The molecule has 0 unspecified atom stereocenters. The Morgan fingerprint density at radius 1 is 1.40 bits per heavy atom. The Kier molecular flexibility index (Phi) is 3.29. The van der Waals surface area contributed by atoms with Crippen LogP contribution in [-0.4, -0.2) is 5.78 Å². The smallest absolute Gasteiger partial charge is 0.238 e. The van der Waals surface area contributed by atoms with Crippen LogP contribution in [0.25, 0.3) is 0 Å². The summed E-state index contributed by atoms with van der Waals surface area (Å²) in [5.74, 6) is 1.11. The van der Waals surface area contributed by atoms with Crippen LogP contribution in [0.15, 0.2) is 32.5 Å². The molecule has 0 fully saturated rings. The Bertz CT molecular complexity index is 489. The summed E-state index contributed by atoms with van der Waals surface area (Å²) in [6.07, 6.45) is 0. The highest BCUT2D eigenvalue weighted by atomic mass is 79.9. The highest BCUT2D eigenvalue weighted by Crippen LogP contribution is 2.25. The van der Waals surface area contributed by atoms with Gasteiger partial charge in [0.15, 0.2) is 5.76 Å². The molecule has 2 rings (SSSR count). The van der Waals surface area contributed by atoms with E-state index in [2.05, 4.69) is 15.9 Å². The molecule has 78 valence electrons. The molecular weight excluding hydrogens is 300 g/mol. The van der Waals surface area contributed by atoms with Gasteiger partial charge in [0, 0.05) is 0 Å². The molecule has 0 aliphatic heterocycles. The number of rotatable bonds is 3. The molecule has 0 bridgehead atoms. The summed E-state index contributed by atoms with van der Waals surface area (Å²) in [5.41, 5.74) is 0. The van der Waals surface area contributed by atoms with Crippen LogP contribution in [0.5, 0.6) is 0 Å². The van der Waals surface area contributed by atoms with Crippen molar-refractivity contribution in [1.29, 1.82) is 0 Å². The first-order valence-corrected chi connectivity index (χ1v) is 6.30. The second-order valence-electron chi connectivity index (χ2n) is 2.83. The molecule has 0 aliphatic carbocycles. The maximum atomic E-state index is 11.8. The average molecular weight is 306 g/mol. The summed E-state index contributed by atoms with van der Waals surface area (Å²) in [7, 11) is 0. The molecule has 2 heterocycles. The Balaban J connectivity index is 2.28. The quantitative estimate of drug-likeness (QED) is 0.632. The molecule has 0 N–H and O–H groups in total. The van der Waals surface area contributed by atoms with E-state index in [9.17, 15) is 4.79 Å². The van der Waals surface area contributed by atoms with Gasteiger partial charge in [0.1, 0.15) is 5.76 Å². The van der Waals surface area contributed by atoms with Crippen molar-refractivity contribution in [2.75, 3.05) is 0 Å². The lowest BCUT2D eigenvalue weighted by molar-refractivity contribution is 0.101. The lowest BCUT2D eigenvalue weighted by Crippen LogP contribution is -1.95. The van der Waals surface area contributed by atoms with Gasteiger partial charge in [-0.15, -0.1) is 22.9 Å². The van der Waals surface area contributed by atoms with Crippen LogP contribution in [0.4, 0.5) is 0 Å². The second kappa shape index (κ2) is 4.51. The van der Waals surface area contributed by atoms with Crippen LogP contribution >= 0.6 is 38.9 Å². The summed E-state index contributed by atoms with van der Waals surface area (Å²) in [4.78, 5) is 12.5. The van der Waals surface area contributed by atoms with E-state index in [0.29, 0.717) is 16.4 Å². The predicted octanol–water partition coefficient (Wildman–Crippen LogP) is 4.07. The monoisotopic (exact) mass is 304 g/mol. The summed E-state index contributed by atoms with van der Waals surface area (Å²) in [5, 5.41) is 0. The molecule has 0 aliphatic rings. The van der Waals surface area contributed by atoms with E-state index >= 15 is 0 Å². The van der Waals surface area contributed by atoms with E-state index in [4.69, 9.17) is 16.0 Å². The Labute approximate surface area is 104 Å². The highest BCUT2D eigenvalue weighted by molar-refractivity contribution is 9.11. The molecule has 0 radical (unpaired) electrons. The number of carbonyl (C=O) groups is 1. The maximum absolute atomic E-state index is 11.8. The van der Waals surface area contributed by atoms with Gasteiger partial charge in [-0.2, -0.15) is 0 Å². The normalized spacial score (nSPS) is 10.5. The van der Waals surface area contributed by atoms with Crippen LogP contribution in [0.2, 0.25) is 0 Å². The molecule has 0 atom stereocenters. The third-order valence-corrected chi connectivity index (χ3v) is 3.70. The van der Waals surface area contributed by atoms with Crippen LogP contribution in [0, 0.1) is 0 Å². The van der Waals surface area contributed by atoms with E-state index in [1.165, 1.54) is 11.3 Å². The molecule has 0 spiro atoms. The van der Waals surface area contributed by atoms with Gasteiger partial charge in [0.2, 0.25) is 5.78 Å². The van der Waals surface area contributed by atoms with Gasteiger partial charge in [0.25, 0.3) is 0 Å². The largest absolute Gasteiger partial charge is 0.456 e. The molecule has 2 nitrogen and oxygen atoms in total. The van der Waals surface area contributed by atoms with Crippen LogP contribution in [0.3, 0.4) is 0 Å². The van der Waals surface area contributed by atoms with Crippen molar-refractivity contribution in [2.45, 2.75) is 5.88 Å². The third-order valence-electron chi connectivity index (χ3n) is 1.81. The standard InChI is InChI=1S/C10H6BrClO2S/c11-9-4-3-8(15-9)10(13)7-2-1-6(5-12)14-7/h1-4H,5H2. The van der Waals surface area contributed by atoms with Crippen molar-refractivity contribution in [1.82, 2.24) is 0 Å². The molecule has 0 aromatic carbocycles. The van der Waals surface area contributed by atoms with E-state index in [1.54, 1.807) is 18.2 Å².